The van der Waals surface area contributed by atoms with Gasteiger partial charge < -0.3 is 4.74 Å². The van der Waals surface area contributed by atoms with E-state index >= 15 is 0 Å². The molecule has 2 heteroatoms. The van der Waals surface area contributed by atoms with Gasteiger partial charge in [0.25, 0.3) is 0 Å². The maximum absolute atomic E-state index is 13.0. The predicted octanol–water partition coefficient (Wildman–Crippen LogP) is 8.96. The molecule has 0 radical (unpaired) electrons. The van der Waals surface area contributed by atoms with E-state index < -0.39 is 0 Å². The lowest BCUT2D eigenvalue weighted by Gasteiger charge is -2.45. The fourth-order valence-corrected chi connectivity index (χ4v) is 20.2. The number of ether oxygens (including phenoxy) is 1. The molecule has 0 saturated heterocycles. The molecule has 2 spiro atoms. The molecule has 258 valence electrons. The molecule has 17 aliphatic rings. The van der Waals surface area contributed by atoms with Gasteiger partial charge in [0.15, 0.2) is 0 Å². The van der Waals surface area contributed by atoms with E-state index in [-0.39, 0.29) is 22.2 Å². The van der Waals surface area contributed by atoms with Crippen LogP contribution in [0.1, 0.15) is 24.8 Å². The quantitative estimate of drug-likeness (QED) is 0.227. The van der Waals surface area contributed by atoms with Crippen LogP contribution in [0.3, 0.4) is 0 Å². The lowest BCUT2D eigenvalue weighted by molar-refractivity contribution is -0.140. The van der Waals surface area contributed by atoms with Crippen molar-refractivity contribution in [2.75, 3.05) is 7.11 Å². The van der Waals surface area contributed by atoms with Crippen LogP contribution in [0.15, 0.2) is 169 Å². The first-order valence-corrected chi connectivity index (χ1v) is 21.5. The van der Waals surface area contributed by atoms with Crippen molar-refractivity contribution in [2.24, 2.45) is 93.7 Å². The zero-order valence-corrected chi connectivity index (χ0v) is 30.2. The molecule has 18 rings (SSSR count). The van der Waals surface area contributed by atoms with Gasteiger partial charge in [-0.05, 0) is 150 Å². The molecular weight excluding hydrogens is 657 g/mol. The molecule has 0 aliphatic heterocycles. The third-order valence-corrected chi connectivity index (χ3v) is 20.3. The Labute approximate surface area is 314 Å². The van der Waals surface area contributed by atoms with Crippen LogP contribution in [0.25, 0.3) is 0 Å². The Hall–Kier alpha value is -4.43. The van der Waals surface area contributed by atoms with Crippen LogP contribution in [0.5, 0.6) is 0 Å². The fraction of sp³-hybridized carbons (Fsp3) is 0.404. The van der Waals surface area contributed by atoms with E-state index in [9.17, 15) is 4.79 Å². The van der Waals surface area contributed by atoms with Crippen molar-refractivity contribution >= 4 is 5.97 Å². The first-order valence-electron chi connectivity index (χ1n) is 21.5. The molecule has 2 nitrogen and oxygen atoms in total. The van der Waals surface area contributed by atoms with Crippen LogP contribution in [-0.4, -0.2) is 13.1 Å². The number of carbonyl (C=O) groups is 1. The predicted molar refractivity (Wildman–Crippen MR) is 203 cm³/mol. The lowest BCUT2D eigenvalue weighted by atomic mass is 9.58. The summed E-state index contributed by atoms with van der Waals surface area (Å²) >= 11 is 0. The van der Waals surface area contributed by atoms with E-state index in [1.54, 1.807) is 51.7 Å². The van der Waals surface area contributed by atoms with Crippen LogP contribution >= 0.6 is 0 Å². The Morgan fingerprint density at radius 2 is 1.30 bits per heavy atom. The van der Waals surface area contributed by atoms with Crippen LogP contribution in [0, 0.1) is 93.7 Å². The molecule has 54 heavy (non-hydrogen) atoms. The number of benzene rings is 1. The van der Waals surface area contributed by atoms with Crippen molar-refractivity contribution in [3.63, 3.8) is 0 Å². The van der Waals surface area contributed by atoms with E-state index in [0.29, 0.717) is 89.3 Å². The Balaban J connectivity index is 1.07. The van der Waals surface area contributed by atoms with Crippen molar-refractivity contribution in [1.29, 1.82) is 0 Å². The molecule has 0 heterocycles. The molecule has 0 bridgehead atoms. The molecule has 17 atom stereocenters. The van der Waals surface area contributed by atoms with Crippen molar-refractivity contribution in [3.8, 4) is 0 Å². The first-order chi connectivity index (χ1) is 26.7. The minimum atomic E-state index is -0.125. The van der Waals surface area contributed by atoms with Crippen LogP contribution in [0.2, 0.25) is 0 Å². The SMILES string of the molecule is COC(=O)CCCC1(c2ccccc2)C23C4=C5C=CC6C7C5=C2C2=C5C8=C9C%10C%11=C5C31C(C=C4)C%11C=CC%10C1C=CC3C4C=CC6C5C7=C2C8=C(C45)C3C91. The second-order valence-corrected chi connectivity index (χ2v) is 20.4. The van der Waals surface area contributed by atoms with Gasteiger partial charge in [-0.15, -0.1) is 0 Å². The highest BCUT2D eigenvalue weighted by Crippen LogP contribution is 3.01. The van der Waals surface area contributed by atoms with E-state index in [1.165, 1.54) is 5.56 Å². The molecule has 4 saturated carbocycles. The summed E-state index contributed by atoms with van der Waals surface area (Å²) in [5.74, 6) is 8.20. The maximum Gasteiger partial charge on any atom is 0.305 e. The summed E-state index contributed by atoms with van der Waals surface area (Å²) in [6.07, 6.45) is 29.8. The molecule has 0 amide bonds. The topological polar surface area (TPSA) is 26.3 Å². The molecule has 0 aromatic heterocycles. The number of allylic oxidation sites excluding steroid dienone is 24. The van der Waals surface area contributed by atoms with Gasteiger partial charge in [0, 0.05) is 40.4 Å². The van der Waals surface area contributed by atoms with E-state index in [4.69, 9.17) is 4.74 Å². The highest BCUT2D eigenvalue weighted by Gasteiger charge is 2.97. The first kappa shape index (κ1) is 26.4. The Kier molecular flexibility index (Phi) is 3.57. The van der Waals surface area contributed by atoms with Crippen LogP contribution in [-0.2, 0) is 14.9 Å². The van der Waals surface area contributed by atoms with Crippen molar-refractivity contribution in [1.82, 2.24) is 0 Å². The summed E-state index contributed by atoms with van der Waals surface area (Å²) in [5.41, 5.74) is 26.4. The van der Waals surface area contributed by atoms with Gasteiger partial charge in [0.05, 0.1) is 7.11 Å². The van der Waals surface area contributed by atoms with Crippen LogP contribution in [0.4, 0.5) is 0 Å². The summed E-state index contributed by atoms with van der Waals surface area (Å²) in [6.45, 7) is 0. The van der Waals surface area contributed by atoms with Crippen molar-refractivity contribution in [3.05, 3.63) is 175 Å². The zero-order valence-electron chi connectivity index (χ0n) is 30.2. The number of rotatable bonds is 5. The smallest absolute Gasteiger partial charge is 0.305 e. The molecule has 17 aliphatic carbocycles. The Morgan fingerprint density at radius 1 is 0.648 bits per heavy atom. The summed E-state index contributed by atoms with van der Waals surface area (Å²) in [6, 6.07) is 11.9. The maximum atomic E-state index is 13.0. The summed E-state index contributed by atoms with van der Waals surface area (Å²) in [7, 11) is 1.57. The largest absolute Gasteiger partial charge is 0.469 e. The third-order valence-electron chi connectivity index (χ3n) is 20.3. The molecule has 4 fully saturated rings. The molecule has 1 aromatic carbocycles. The molecule has 0 N–H and O–H groups in total. The number of hydrogen-bond donors (Lipinski definition) is 0. The van der Waals surface area contributed by atoms with Gasteiger partial charge in [-0.3, -0.25) is 4.79 Å². The molecule has 1 aromatic rings. The number of carbonyl (C=O) groups excluding carboxylic acids is 1. The van der Waals surface area contributed by atoms with Gasteiger partial charge in [0.1, 0.15) is 0 Å². The van der Waals surface area contributed by atoms with Gasteiger partial charge in [-0.25, -0.2) is 0 Å². The lowest BCUT2D eigenvalue weighted by Crippen LogP contribution is -2.35. The number of hydrogen-bond acceptors (Lipinski definition) is 2. The van der Waals surface area contributed by atoms with Gasteiger partial charge in [-0.2, -0.15) is 0 Å². The van der Waals surface area contributed by atoms with E-state index in [2.05, 4.69) is 91.1 Å². The second kappa shape index (κ2) is 7.32. The van der Waals surface area contributed by atoms with Crippen molar-refractivity contribution in [2.45, 2.75) is 24.7 Å². The minimum Gasteiger partial charge on any atom is -0.469 e. The van der Waals surface area contributed by atoms with Crippen LogP contribution < -0.4 is 0 Å². The Bertz CT molecular complexity index is 2780. The summed E-state index contributed by atoms with van der Waals surface area (Å²) in [5, 5.41) is 0. The standard InChI is InChI=1S/C52H38O2/c1-54-31(53)8-5-19-50(20-6-3-2-4-7-20)51-29-17-18-30-28-16-14-26-24-12-10-22-21-9-11-23-25-13-15-27(29)38-36(25)41-34(23)32(21)40-33(22)35(24)42-37(26)39(28)49(52(30,50)51)47-45(42)43(40)44(41)46(47)48(38)51/h2-4,6-7,9-18,21-27,29,32-37H,5,8,19H2,1H3. The van der Waals surface area contributed by atoms with Crippen molar-refractivity contribution < 1.29 is 9.53 Å². The average molecular weight is 695 g/mol. The Morgan fingerprint density at radius 3 is 2.06 bits per heavy atom. The highest BCUT2D eigenvalue weighted by molar-refractivity contribution is 6.01. The summed E-state index contributed by atoms with van der Waals surface area (Å²) < 4.78 is 5.33. The third kappa shape index (κ3) is 1.91. The van der Waals surface area contributed by atoms with Gasteiger partial charge >= 0.3 is 5.97 Å². The minimum absolute atomic E-state index is 0.0417. The number of methoxy groups -OCH3 is 1. The van der Waals surface area contributed by atoms with Gasteiger partial charge in [-0.1, -0.05) is 102 Å². The second-order valence-electron chi connectivity index (χ2n) is 20.4. The normalized spacial score (nSPS) is 53.3. The zero-order chi connectivity index (χ0) is 34.3. The average Bonchev–Trinajstić information content (AvgIpc) is 3.86. The number of esters is 1. The molecular formula is C52H38O2. The fourth-order valence-electron chi connectivity index (χ4n) is 20.2. The number of fused-ring (bicyclic) bond motifs is 4. The molecule has 17 unspecified atom stereocenters. The summed E-state index contributed by atoms with van der Waals surface area (Å²) in [4.78, 5) is 13.0. The van der Waals surface area contributed by atoms with E-state index in [0.717, 1.165) is 12.8 Å². The highest BCUT2D eigenvalue weighted by atomic mass is 16.5. The van der Waals surface area contributed by atoms with E-state index in [1.807, 2.05) is 33.4 Å². The monoisotopic (exact) mass is 694 g/mol. The van der Waals surface area contributed by atoms with Gasteiger partial charge in [0.2, 0.25) is 0 Å².